The smallest absolute Gasteiger partial charge is 0.240 e. The Balaban J connectivity index is 1.76. The van der Waals surface area contributed by atoms with Crippen molar-refractivity contribution >= 4 is 10.0 Å². The molecule has 0 amide bonds. The molecular formula is C16H24N2O2S. The molecule has 2 N–H and O–H groups in total. The lowest BCUT2D eigenvalue weighted by molar-refractivity contribution is 0.345. The molecule has 2 atom stereocenters. The summed E-state index contributed by atoms with van der Waals surface area (Å²) in [5.74, 6) is 0.329. The fraction of sp³-hybridized carbons (Fsp3) is 0.625. The van der Waals surface area contributed by atoms with Gasteiger partial charge in [0.05, 0.1) is 4.90 Å². The maximum atomic E-state index is 12.6. The number of hydrogen-bond acceptors (Lipinski definition) is 3. The van der Waals surface area contributed by atoms with Crippen LogP contribution < -0.4 is 10.0 Å². The van der Waals surface area contributed by atoms with E-state index in [0.29, 0.717) is 22.9 Å². The van der Waals surface area contributed by atoms with Gasteiger partial charge in [0.2, 0.25) is 10.0 Å². The third-order valence-corrected chi connectivity index (χ3v) is 6.15. The van der Waals surface area contributed by atoms with Gasteiger partial charge in [0.1, 0.15) is 0 Å². The fourth-order valence-electron chi connectivity index (χ4n) is 3.48. The Morgan fingerprint density at radius 1 is 1.19 bits per heavy atom. The highest BCUT2D eigenvalue weighted by Gasteiger charge is 2.35. The number of fused-ring (bicyclic) bond motifs is 2. The Kier molecular flexibility index (Phi) is 4.08. The van der Waals surface area contributed by atoms with E-state index in [2.05, 4.69) is 23.9 Å². The van der Waals surface area contributed by atoms with E-state index >= 15 is 0 Å². The first kappa shape index (κ1) is 15.0. The van der Waals surface area contributed by atoms with Gasteiger partial charge >= 0.3 is 0 Å². The molecule has 5 heteroatoms. The van der Waals surface area contributed by atoms with Gasteiger partial charge < -0.3 is 5.32 Å². The quantitative estimate of drug-likeness (QED) is 0.898. The zero-order valence-corrected chi connectivity index (χ0v) is 13.5. The van der Waals surface area contributed by atoms with Gasteiger partial charge in [-0.3, -0.25) is 0 Å². The van der Waals surface area contributed by atoms with Crippen LogP contribution in [0.25, 0.3) is 0 Å². The maximum Gasteiger partial charge on any atom is 0.240 e. The molecule has 116 valence electrons. The van der Waals surface area contributed by atoms with Crippen molar-refractivity contribution in [2.24, 2.45) is 0 Å². The predicted octanol–water partition coefficient (Wildman–Crippen LogP) is 2.37. The zero-order chi connectivity index (χ0) is 15.0. The summed E-state index contributed by atoms with van der Waals surface area (Å²) in [6.07, 6.45) is 4.15. The fourth-order valence-corrected chi connectivity index (χ4v) is 4.80. The number of nitrogens with one attached hydrogen (secondary N) is 2. The van der Waals surface area contributed by atoms with Crippen molar-refractivity contribution in [1.82, 2.24) is 10.0 Å². The van der Waals surface area contributed by atoms with Crippen LogP contribution in [0.2, 0.25) is 0 Å². The molecule has 0 radical (unpaired) electrons. The molecule has 1 aromatic carbocycles. The number of piperidine rings is 1. The van der Waals surface area contributed by atoms with Crippen molar-refractivity contribution in [2.75, 3.05) is 0 Å². The highest BCUT2D eigenvalue weighted by molar-refractivity contribution is 7.89. The Bertz CT molecular complexity index is 600. The van der Waals surface area contributed by atoms with E-state index in [-0.39, 0.29) is 6.04 Å². The van der Waals surface area contributed by atoms with Gasteiger partial charge in [0, 0.05) is 18.1 Å². The van der Waals surface area contributed by atoms with Crippen LogP contribution >= 0.6 is 0 Å². The lowest BCUT2D eigenvalue weighted by Crippen LogP contribution is -2.47. The third kappa shape index (κ3) is 3.30. The molecule has 21 heavy (non-hydrogen) atoms. The standard InChI is InChI=1S/C16H24N2O2S/c1-11(2)12-4-3-5-16(8-12)21(19,20)18-15-9-13-6-7-14(10-15)17-13/h3-5,8,11,13-15,17-18H,6-7,9-10H2,1-2H3. The van der Waals surface area contributed by atoms with Crippen molar-refractivity contribution < 1.29 is 8.42 Å². The molecule has 0 aliphatic carbocycles. The van der Waals surface area contributed by atoms with E-state index in [1.165, 1.54) is 12.8 Å². The average molecular weight is 308 g/mol. The van der Waals surface area contributed by atoms with Crippen LogP contribution in [0.3, 0.4) is 0 Å². The minimum atomic E-state index is -3.41. The molecule has 4 nitrogen and oxygen atoms in total. The monoisotopic (exact) mass is 308 g/mol. The topological polar surface area (TPSA) is 58.2 Å². The normalized spacial score (nSPS) is 29.0. The summed E-state index contributed by atoms with van der Waals surface area (Å²) >= 11 is 0. The Labute approximate surface area is 127 Å². The van der Waals surface area contributed by atoms with Crippen LogP contribution in [0.15, 0.2) is 29.2 Å². The predicted molar refractivity (Wildman–Crippen MR) is 83.8 cm³/mol. The van der Waals surface area contributed by atoms with E-state index in [4.69, 9.17) is 0 Å². The average Bonchev–Trinajstić information content (AvgIpc) is 2.77. The number of benzene rings is 1. The summed E-state index contributed by atoms with van der Waals surface area (Å²) in [4.78, 5) is 0.388. The van der Waals surface area contributed by atoms with Crippen LogP contribution in [-0.2, 0) is 10.0 Å². The molecule has 0 spiro atoms. The second kappa shape index (κ2) is 5.71. The lowest BCUT2D eigenvalue weighted by Gasteiger charge is -2.29. The first-order chi connectivity index (χ1) is 9.94. The minimum Gasteiger partial charge on any atom is -0.311 e. The summed E-state index contributed by atoms with van der Waals surface area (Å²) in [5.41, 5.74) is 1.06. The van der Waals surface area contributed by atoms with E-state index < -0.39 is 10.0 Å². The highest BCUT2D eigenvalue weighted by atomic mass is 32.2. The van der Waals surface area contributed by atoms with Crippen LogP contribution in [0.4, 0.5) is 0 Å². The van der Waals surface area contributed by atoms with E-state index in [1.807, 2.05) is 12.1 Å². The first-order valence-electron chi connectivity index (χ1n) is 7.82. The summed E-state index contributed by atoms with van der Waals surface area (Å²) in [7, 11) is -3.41. The van der Waals surface area contributed by atoms with Gasteiger partial charge in [0.15, 0.2) is 0 Å². The van der Waals surface area contributed by atoms with E-state index in [0.717, 1.165) is 18.4 Å². The van der Waals surface area contributed by atoms with Crippen LogP contribution in [0.1, 0.15) is 51.0 Å². The van der Waals surface area contributed by atoms with Crippen LogP contribution in [0.5, 0.6) is 0 Å². The maximum absolute atomic E-state index is 12.6. The van der Waals surface area contributed by atoms with Gasteiger partial charge in [-0.1, -0.05) is 26.0 Å². The zero-order valence-electron chi connectivity index (χ0n) is 12.7. The molecule has 2 heterocycles. The lowest BCUT2D eigenvalue weighted by atomic mass is 10.0. The molecule has 0 aromatic heterocycles. The van der Waals surface area contributed by atoms with Gasteiger partial charge in [-0.25, -0.2) is 13.1 Å². The van der Waals surface area contributed by atoms with Gasteiger partial charge in [-0.2, -0.15) is 0 Å². The van der Waals surface area contributed by atoms with Crippen molar-refractivity contribution in [2.45, 2.75) is 68.5 Å². The molecule has 2 fully saturated rings. The van der Waals surface area contributed by atoms with Crippen molar-refractivity contribution in [3.63, 3.8) is 0 Å². The molecular weight excluding hydrogens is 284 g/mol. The molecule has 3 rings (SSSR count). The Morgan fingerprint density at radius 3 is 2.48 bits per heavy atom. The number of hydrogen-bond donors (Lipinski definition) is 2. The first-order valence-corrected chi connectivity index (χ1v) is 9.31. The molecule has 2 saturated heterocycles. The second-order valence-corrected chi connectivity index (χ2v) is 8.37. The van der Waals surface area contributed by atoms with Crippen LogP contribution in [-0.4, -0.2) is 26.5 Å². The van der Waals surface area contributed by atoms with Gasteiger partial charge in [-0.15, -0.1) is 0 Å². The highest BCUT2D eigenvalue weighted by Crippen LogP contribution is 2.28. The van der Waals surface area contributed by atoms with Crippen molar-refractivity contribution in [3.05, 3.63) is 29.8 Å². The van der Waals surface area contributed by atoms with E-state index in [1.54, 1.807) is 12.1 Å². The Hall–Kier alpha value is -0.910. The summed E-state index contributed by atoms with van der Waals surface area (Å²) < 4.78 is 28.1. The molecule has 2 aliphatic rings. The van der Waals surface area contributed by atoms with Crippen molar-refractivity contribution in [1.29, 1.82) is 0 Å². The Morgan fingerprint density at radius 2 is 1.86 bits per heavy atom. The summed E-state index contributed by atoms with van der Waals surface area (Å²) in [6, 6.07) is 8.32. The third-order valence-electron chi connectivity index (χ3n) is 4.63. The summed E-state index contributed by atoms with van der Waals surface area (Å²) in [5, 5.41) is 3.54. The number of sulfonamides is 1. The molecule has 2 bridgehead atoms. The van der Waals surface area contributed by atoms with E-state index in [9.17, 15) is 8.42 Å². The minimum absolute atomic E-state index is 0.0662. The molecule has 2 aliphatic heterocycles. The summed E-state index contributed by atoms with van der Waals surface area (Å²) in [6.45, 7) is 4.15. The van der Waals surface area contributed by atoms with Gasteiger partial charge in [-0.05, 0) is 49.3 Å². The molecule has 1 aromatic rings. The number of rotatable bonds is 4. The van der Waals surface area contributed by atoms with Crippen molar-refractivity contribution in [3.8, 4) is 0 Å². The molecule has 0 saturated carbocycles. The molecule has 2 unspecified atom stereocenters. The van der Waals surface area contributed by atoms with Gasteiger partial charge in [0.25, 0.3) is 0 Å². The SMILES string of the molecule is CC(C)c1cccc(S(=O)(=O)NC2CC3CCC(C2)N3)c1. The largest absolute Gasteiger partial charge is 0.311 e. The second-order valence-electron chi connectivity index (χ2n) is 6.65. The van der Waals surface area contributed by atoms with Crippen LogP contribution in [0, 0.1) is 0 Å².